The molecule has 0 unspecified atom stereocenters. The van der Waals surface area contributed by atoms with Gasteiger partial charge in [0.1, 0.15) is 6.07 Å². The Kier molecular flexibility index (Phi) is 5.95. The molecule has 0 saturated heterocycles. The fourth-order valence-corrected chi connectivity index (χ4v) is 5.01. The summed E-state index contributed by atoms with van der Waals surface area (Å²) in [6, 6.07) is 18.5. The van der Waals surface area contributed by atoms with Gasteiger partial charge in [0.15, 0.2) is 0 Å². The average Bonchev–Trinajstić information content (AvgIpc) is 3.50. The monoisotopic (exact) mass is 466 g/mol. The molecule has 0 atom stereocenters. The van der Waals surface area contributed by atoms with Gasteiger partial charge < -0.3 is 21.4 Å². The van der Waals surface area contributed by atoms with Gasteiger partial charge in [-0.15, -0.1) is 11.3 Å². The molecule has 8 heteroatoms. The number of nitrogens with two attached hydrogens (primary N) is 1. The van der Waals surface area contributed by atoms with Crippen molar-refractivity contribution in [2.75, 3.05) is 11.9 Å². The number of hydrogen-bond donors (Lipinski definition) is 4. The van der Waals surface area contributed by atoms with Crippen LogP contribution < -0.4 is 16.4 Å². The fourth-order valence-electron chi connectivity index (χ4n) is 3.95. The van der Waals surface area contributed by atoms with Crippen molar-refractivity contribution in [1.82, 2.24) is 15.3 Å². The topological polar surface area (TPSA) is 120 Å². The van der Waals surface area contributed by atoms with Crippen molar-refractivity contribution in [3.8, 4) is 16.5 Å². The first-order chi connectivity index (χ1) is 16.7. The van der Waals surface area contributed by atoms with E-state index in [0.717, 1.165) is 48.4 Å². The second kappa shape index (κ2) is 9.35. The molecule has 0 bridgehead atoms. The van der Waals surface area contributed by atoms with Crippen LogP contribution in [0.3, 0.4) is 0 Å². The quantitative estimate of drug-likeness (QED) is 0.268. The molecule has 0 aliphatic carbocycles. The Hall–Kier alpha value is -4.19. The molecule has 2 aromatic carbocycles. The predicted molar refractivity (Wildman–Crippen MR) is 137 cm³/mol. The van der Waals surface area contributed by atoms with Crippen LogP contribution >= 0.6 is 11.3 Å². The van der Waals surface area contributed by atoms with E-state index < -0.39 is 0 Å². The van der Waals surface area contributed by atoms with Crippen molar-refractivity contribution in [2.45, 2.75) is 13.0 Å². The summed E-state index contributed by atoms with van der Waals surface area (Å²) in [5, 5.41) is 18.3. The van der Waals surface area contributed by atoms with Crippen LogP contribution in [-0.2, 0) is 11.3 Å². The molecule has 5 N–H and O–H groups in total. The molecule has 5 rings (SSSR count). The molecule has 7 nitrogen and oxygen atoms in total. The number of aromatic nitrogens is 2. The van der Waals surface area contributed by atoms with Crippen LogP contribution in [0, 0.1) is 11.3 Å². The van der Waals surface area contributed by atoms with Gasteiger partial charge in [0.05, 0.1) is 11.3 Å². The molecule has 5 aromatic rings. The van der Waals surface area contributed by atoms with Gasteiger partial charge in [0.25, 0.3) is 0 Å². The number of amides is 1. The number of carbonyl (C=O) groups is 1. The Balaban J connectivity index is 1.51. The zero-order chi connectivity index (χ0) is 23.5. The average molecular weight is 467 g/mol. The molecule has 0 radical (unpaired) electrons. The Morgan fingerprint density at radius 3 is 2.94 bits per heavy atom. The number of carbonyl (C=O) groups excluding carboxylic acids is 1. The molecule has 1 amide bonds. The number of pyridine rings is 1. The van der Waals surface area contributed by atoms with Gasteiger partial charge in [-0.25, -0.2) is 0 Å². The van der Waals surface area contributed by atoms with E-state index in [-0.39, 0.29) is 5.91 Å². The number of nitrogens with one attached hydrogen (secondary N) is 3. The van der Waals surface area contributed by atoms with Gasteiger partial charge in [-0.2, -0.15) is 5.26 Å². The van der Waals surface area contributed by atoms with Crippen molar-refractivity contribution >= 4 is 49.6 Å². The number of nitriles is 1. The summed E-state index contributed by atoms with van der Waals surface area (Å²) < 4.78 is 1.12. The molecule has 3 heterocycles. The molecule has 3 aromatic heterocycles. The van der Waals surface area contributed by atoms with Crippen molar-refractivity contribution in [2.24, 2.45) is 5.73 Å². The number of hydrogen-bond acceptors (Lipinski definition) is 6. The zero-order valence-corrected chi connectivity index (χ0v) is 19.1. The minimum absolute atomic E-state index is 0.0545. The van der Waals surface area contributed by atoms with E-state index >= 15 is 0 Å². The number of benzene rings is 2. The number of thiophene rings is 1. The summed E-state index contributed by atoms with van der Waals surface area (Å²) in [5.74, 6) is -0.0545. The van der Waals surface area contributed by atoms with Gasteiger partial charge in [-0.05, 0) is 47.3 Å². The number of fused-ring (bicyclic) bond motifs is 2. The molecule has 168 valence electrons. The molecule has 0 aliphatic rings. The molecular formula is C26H22N6OS. The van der Waals surface area contributed by atoms with E-state index in [1.54, 1.807) is 23.7 Å². The maximum Gasteiger partial charge on any atom is 0.221 e. The highest BCUT2D eigenvalue weighted by Gasteiger charge is 2.15. The standard InChI is InChI=1S/C26H22N6OS/c27-8-6-25(33)31-13-16-4-5-23-17(10-16)11-24(34-23)20-15-29-14-18(12-28)26(20)32-22-3-1-2-21-19(22)7-9-30-21/h1-5,7,9-11,14-15,30H,6,8,13,27H2,(H,29,32)(H,31,33). The van der Waals surface area contributed by atoms with E-state index in [1.807, 2.05) is 36.5 Å². The van der Waals surface area contributed by atoms with Crippen LogP contribution in [0.1, 0.15) is 17.5 Å². The minimum atomic E-state index is -0.0545. The summed E-state index contributed by atoms with van der Waals surface area (Å²) in [4.78, 5) is 20.3. The largest absolute Gasteiger partial charge is 0.361 e. The first kappa shape index (κ1) is 21.6. The van der Waals surface area contributed by atoms with Gasteiger partial charge in [0.2, 0.25) is 5.91 Å². The molecule has 34 heavy (non-hydrogen) atoms. The first-order valence-corrected chi connectivity index (χ1v) is 11.7. The van der Waals surface area contributed by atoms with E-state index in [4.69, 9.17) is 5.73 Å². The van der Waals surface area contributed by atoms with Crippen LogP contribution in [0.2, 0.25) is 0 Å². The third-order valence-corrected chi connectivity index (χ3v) is 6.78. The van der Waals surface area contributed by atoms with Crippen LogP contribution in [0.25, 0.3) is 31.4 Å². The maximum absolute atomic E-state index is 11.8. The van der Waals surface area contributed by atoms with Crippen molar-refractivity contribution in [3.05, 3.63) is 78.2 Å². The lowest BCUT2D eigenvalue weighted by Gasteiger charge is -2.13. The summed E-state index contributed by atoms with van der Waals surface area (Å²) in [6.45, 7) is 0.794. The summed E-state index contributed by atoms with van der Waals surface area (Å²) in [6.07, 6.45) is 5.59. The molecule has 0 aliphatic heterocycles. The van der Waals surface area contributed by atoms with Crippen molar-refractivity contribution in [3.63, 3.8) is 0 Å². The highest BCUT2D eigenvalue weighted by Crippen LogP contribution is 2.40. The van der Waals surface area contributed by atoms with Gasteiger partial charge in [-0.3, -0.25) is 9.78 Å². The first-order valence-electron chi connectivity index (χ1n) is 10.9. The number of H-pyrrole nitrogens is 1. The Morgan fingerprint density at radius 2 is 2.09 bits per heavy atom. The van der Waals surface area contributed by atoms with Gasteiger partial charge in [-0.1, -0.05) is 12.1 Å². The Labute approximate surface area is 200 Å². The summed E-state index contributed by atoms with van der Waals surface area (Å²) in [5.41, 5.74) is 10.5. The highest BCUT2D eigenvalue weighted by molar-refractivity contribution is 7.22. The van der Waals surface area contributed by atoms with E-state index in [0.29, 0.717) is 25.1 Å². The Bertz CT molecular complexity index is 1540. The lowest BCUT2D eigenvalue weighted by atomic mass is 10.1. The third kappa shape index (κ3) is 4.22. The number of nitrogens with zero attached hydrogens (tertiary/aromatic N) is 2. The van der Waals surface area contributed by atoms with Crippen molar-refractivity contribution in [1.29, 1.82) is 5.26 Å². The highest BCUT2D eigenvalue weighted by atomic mass is 32.1. The Morgan fingerprint density at radius 1 is 1.18 bits per heavy atom. The second-order valence-corrected chi connectivity index (χ2v) is 8.97. The SMILES string of the molecule is N#Cc1cncc(-c2cc3cc(CNC(=O)CCN)ccc3s2)c1Nc1cccc2[nH]ccc12. The predicted octanol–water partition coefficient (Wildman–Crippen LogP) is 5.02. The fraction of sp³-hybridized carbons (Fsp3) is 0.115. The normalized spacial score (nSPS) is 10.9. The van der Waals surface area contributed by atoms with Crippen LogP contribution in [0.4, 0.5) is 11.4 Å². The van der Waals surface area contributed by atoms with Crippen molar-refractivity contribution < 1.29 is 4.79 Å². The lowest BCUT2D eigenvalue weighted by molar-refractivity contribution is -0.121. The second-order valence-electron chi connectivity index (χ2n) is 7.89. The number of aromatic amines is 1. The zero-order valence-electron chi connectivity index (χ0n) is 18.3. The van der Waals surface area contributed by atoms with Crippen LogP contribution in [0.5, 0.6) is 0 Å². The summed E-state index contributed by atoms with van der Waals surface area (Å²) >= 11 is 1.64. The van der Waals surface area contributed by atoms with Gasteiger partial charge >= 0.3 is 0 Å². The van der Waals surface area contributed by atoms with E-state index in [2.05, 4.69) is 44.9 Å². The minimum Gasteiger partial charge on any atom is -0.361 e. The van der Waals surface area contributed by atoms with Gasteiger partial charge in [0, 0.05) is 69.8 Å². The molecular weight excluding hydrogens is 444 g/mol. The third-order valence-electron chi connectivity index (χ3n) is 5.63. The smallest absolute Gasteiger partial charge is 0.221 e. The number of rotatable bonds is 7. The van der Waals surface area contributed by atoms with Crippen LogP contribution in [0.15, 0.2) is 67.1 Å². The lowest BCUT2D eigenvalue weighted by Crippen LogP contribution is -2.24. The van der Waals surface area contributed by atoms with E-state index in [9.17, 15) is 10.1 Å². The summed E-state index contributed by atoms with van der Waals surface area (Å²) in [7, 11) is 0. The van der Waals surface area contributed by atoms with Crippen LogP contribution in [-0.4, -0.2) is 22.4 Å². The maximum atomic E-state index is 11.8. The molecule has 0 fully saturated rings. The molecule has 0 saturated carbocycles. The van der Waals surface area contributed by atoms with E-state index in [1.165, 1.54) is 0 Å². The number of anilines is 2. The molecule has 0 spiro atoms.